The van der Waals surface area contributed by atoms with Gasteiger partial charge < -0.3 is 5.32 Å². The standard InChI is InChI=1S/C17H22N4O2S/c1-10-7-6-8-12(9-10)14-20-21-16(24-14)19-13(22)11(2)18-15(23)17(3,4)5/h6-9,11H,1-5H3,(H,18,23)(H,19,21,22). The predicted molar refractivity (Wildman–Crippen MR) is 95.8 cm³/mol. The van der Waals surface area contributed by atoms with E-state index in [9.17, 15) is 9.59 Å². The molecular weight excluding hydrogens is 324 g/mol. The summed E-state index contributed by atoms with van der Waals surface area (Å²) in [4.78, 5) is 24.1. The van der Waals surface area contributed by atoms with Crippen LogP contribution in [0.15, 0.2) is 24.3 Å². The first-order chi connectivity index (χ1) is 11.2. The summed E-state index contributed by atoms with van der Waals surface area (Å²) in [6.07, 6.45) is 0. The molecule has 0 aliphatic carbocycles. The largest absolute Gasteiger partial charge is 0.344 e. The molecule has 128 valence electrons. The monoisotopic (exact) mass is 346 g/mol. The van der Waals surface area contributed by atoms with Crippen molar-refractivity contribution in [1.82, 2.24) is 15.5 Å². The van der Waals surface area contributed by atoms with Gasteiger partial charge in [-0.1, -0.05) is 55.9 Å². The number of carbonyl (C=O) groups excluding carboxylic acids is 2. The van der Waals surface area contributed by atoms with Crippen molar-refractivity contribution in [3.8, 4) is 10.6 Å². The summed E-state index contributed by atoms with van der Waals surface area (Å²) < 4.78 is 0. The molecule has 1 heterocycles. The molecule has 0 saturated carbocycles. The molecule has 2 aromatic rings. The van der Waals surface area contributed by atoms with Gasteiger partial charge in [0.1, 0.15) is 11.0 Å². The number of aryl methyl sites for hydroxylation is 1. The first-order valence-electron chi connectivity index (χ1n) is 7.69. The lowest BCUT2D eigenvalue weighted by molar-refractivity contribution is -0.131. The number of hydrogen-bond acceptors (Lipinski definition) is 5. The number of amides is 2. The van der Waals surface area contributed by atoms with Crippen molar-refractivity contribution in [1.29, 1.82) is 0 Å². The van der Waals surface area contributed by atoms with E-state index in [-0.39, 0.29) is 11.8 Å². The first-order valence-corrected chi connectivity index (χ1v) is 8.51. The van der Waals surface area contributed by atoms with Crippen LogP contribution in [0.1, 0.15) is 33.3 Å². The highest BCUT2D eigenvalue weighted by atomic mass is 32.1. The Morgan fingerprint density at radius 2 is 1.92 bits per heavy atom. The number of nitrogens with one attached hydrogen (secondary N) is 2. The minimum Gasteiger partial charge on any atom is -0.344 e. The van der Waals surface area contributed by atoms with Crippen LogP contribution >= 0.6 is 11.3 Å². The Bertz CT molecular complexity index is 749. The molecule has 7 heteroatoms. The van der Waals surface area contributed by atoms with Gasteiger partial charge in [-0.2, -0.15) is 0 Å². The second-order valence-corrected chi connectivity index (χ2v) is 7.69. The maximum atomic E-state index is 12.2. The molecule has 0 aliphatic heterocycles. The lowest BCUT2D eigenvalue weighted by Crippen LogP contribution is -2.46. The van der Waals surface area contributed by atoms with Crippen molar-refractivity contribution in [3.63, 3.8) is 0 Å². The van der Waals surface area contributed by atoms with Crippen LogP contribution in [0, 0.1) is 12.3 Å². The molecule has 0 spiro atoms. The number of rotatable bonds is 4. The molecule has 0 bridgehead atoms. The number of hydrogen-bond donors (Lipinski definition) is 2. The van der Waals surface area contributed by atoms with Crippen LogP contribution in [-0.2, 0) is 9.59 Å². The molecule has 24 heavy (non-hydrogen) atoms. The van der Waals surface area contributed by atoms with Gasteiger partial charge in [0, 0.05) is 11.0 Å². The summed E-state index contributed by atoms with van der Waals surface area (Å²) in [5.74, 6) is -0.498. The SMILES string of the molecule is Cc1cccc(-c2nnc(NC(=O)C(C)NC(=O)C(C)(C)C)s2)c1. The van der Waals surface area contributed by atoms with Crippen LogP contribution in [0.4, 0.5) is 5.13 Å². The lowest BCUT2D eigenvalue weighted by atomic mass is 9.95. The van der Waals surface area contributed by atoms with Crippen LogP contribution in [0.5, 0.6) is 0 Å². The molecule has 1 aromatic heterocycles. The zero-order valence-electron chi connectivity index (χ0n) is 14.5. The van der Waals surface area contributed by atoms with Crippen LogP contribution in [0.2, 0.25) is 0 Å². The summed E-state index contributed by atoms with van der Waals surface area (Å²) in [5, 5.41) is 14.6. The van der Waals surface area contributed by atoms with Gasteiger partial charge in [0.15, 0.2) is 0 Å². The molecule has 6 nitrogen and oxygen atoms in total. The zero-order valence-corrected chi connectivity index (χ0v) is 15.3. The number of aromatic nitrogens is 2. The fraction of sp³-hybridized carbons (Fsp3) is 0.412. The molecule has 0 fully saturated rings. The van der Waals surface area contributed by atoms with E-state index in [1.807, 2.05) is 31.2 Å². The smallest absolute Gasteiger partial charge is 0.248 e. The van der Waals surface area contributed by atoms with Crippen molar-refractivity contribution in [2.75, 3.05) is 5.32 Å². The van der Waals surface area contributed by atoms with Crippen molar-refractivity contribution in [2.24, 2.45) is 5.41 Å². The number of carbonyl (C=O) groups is 2. The first kappa shape index (κ1) is 18.1. The van der Waals surface area contributed by atoms with Crippen LogP contribution in [-0.4, -0.2) is 28.1 Å². The third-order valence-corrected chi connectivity index (χ3v) is 4.23. The minimum absolute atomic E-state index is 0.178. The van der Waals surface area contributed by atoms with Crippen molar-refractivity contribution in [3.05, 3.63) is 29.8 Å². The third kappa shape index (κ3) is 4.61. The molecule has 1 aromatic carbocycles. The Morgan fingerprint density at radius 1 is 1.21 bits per heavy atom. The topological polar surface area (TPSA) is 84.0 Å². The summed E-state index contributed by atoms with van der Waals surface area (Å²) >= 11 is 1.30. The van der Waals surface area contributed by atoms with Crippen molar-refractivity contribution >= 4 is 28.3 Å². The maximum Gasteiger partial charge on any atom is 0.248 e. The highest BCUT2D eigenvalue weighted by molar-refractivity contribution is 7.18. The molecular formula is C17H22N4O2S. The van der Waals surface area contributed by atoms with E-state index < -0.39 is 11.5 Å². The van der Waals surface area contributed by atoms with Crippen molar-refractivity contribution in [2.45, 2.75) is 40.7 Å². The Labute approximate surface area is 145 Å². The zero-order chi connectivity index (χ0) is 17.9. The summed E-state index contributed by atoms with van der Waals surface area (Å²) in [6, 6.07) is 7.27. The third-order valence-electron chi connectivity index (χ3n) is 3.34. The highest BCUT2D eigenvalue weighted by Gasteiger charge is 2.25. The maximum absolute atomic E-state index is 12.2. The van der Waals surface area contributed by atoms with Gasteiger partial charge in [-0.25, -0.2) is 0 Å². The molecule has 0 saturated heterocycles. The summed E-state index contributed by atoms with van der Waals surface area (Å²) in [7, 11) is 0. The van der Waals surface area contributed by atoms with E-state index in [1.54, 1.807) is 27.7 Å². The van der Waals surface area contributed by atoms with E-state index in [4.69, 9.17) is 0 Å². The minimum atomic E-state index is -0.650. The highest BCUT2D eigenvalue weighted by Crippen LogP contribution is 2.26. The molecule has 1 unspecified atom stereocenters. The number of nitrogens with zero attached hydrogens (tertiary/aromatic N) is 2. The van der Waals surface area contributed by atoms with Gasteiger partial charge in [0.2, 0.25) is 16.9 Å². The van der Waals surface area contributed by atoms with Gasteiger partial charge in [0.25, 0.3) is 0 Å². The average molecular weight is 346 g/mol. The second kappa shape index (κ2) is 7.09. The van der Waals surface area contributed by atoms with E-state index >= 15 is 0 Å². The summed E-state index contributed by atoms with van der Waals surface area (Å²) in [6.45, 7) is 9.04. The fourth-order valence-corrected chi connectivity index (χ4v) is 2.60. The van der Waals surface area contributed by atoms with E-state index in [0.717, 1.165) is 16.1 Å². The van der Waals surface area contributed by atoms with Gasteiger partial charge >= 0.3 is 0 Å². The van der Waals surface area contributed by atoms with Gasteiger partial charge in [0.05, 0.1) is 0 Å². The second-order valence-electron chi connectivity index (χ2n) is 6.72. The van der Waals surface area contributed by atoms with E-state index in [2.05, 4.69) is 20.8 Å². The quantitative estimate of drug-likeness (QED) is 0.891. The van der Waals surface area contributed by atoms with Crippen LogP contribution in [0.25, 0.3) is 10.6 Å². The predicted octanol–water partition coefficient (Wildman–Crippen LogP) is 3.00. The van der Waals surface area contributed by atoms with E-state index in [1.165, 1.54) is 11.3 Å². The summed E-state index contributed by atoms with van der Waals surface area (Å²) in [5.41, 5.74) is 1.55. The average Bonchev–Trinajstić information content (AvgIpc) is 2.94. The molecule has 0 aliphatic rings. The molecule has 2 N–H and O–H groups in total. The fourth-order valence-electron chi connectivity index (χ4n) is 1.86. The van der Waals surface area contributed by atoms with Crippen LogP contribution in [0.3, 0.4) is 0 Å². The molecule has 0 radical (unpaired) electrons. The van der Waals surface area contributed by atoms with E-state index in [0.29, 0.717) is 5.13 Å². The molecule has 2 amide bonds. The number of anilines is 1. The normalized spacial score (nSPS) is 12.5. The Balaban J connectivity index is 2.01. The Kier molecular flexibility index (Phi) is 5.33. The van der Waals surface area contributed by atoms with Crippen LogP contribution < -0.4 is 10.6 Å². The lowest BCUT2D eigenvalue weighted by Gasteiger charge is -2.21. The Hall–Kier alpha value is -2.28. The Morgan fingerprint density at radius 3 is 2.54 bits per heavy atom. The molecule has 2 rings (SSSR count). The van der Waals surface area contributed by atoms with Crippen molar-refractivity contribution < 1.29 is 9.59 Å². The molecule has 1 atom stereocenters. The number of benzene rings is 1. The van der Waals surface area contributed by atoms with Gasteiger partial charge in [-0.15, -0.1) is 10.2 Å². The van der Waals surface area contributed by atoms with Gasteiger partial charge in [-0.3, -0.25) is 14.9 Å². The van der Waals surface area contributed by atoms with Gasteiger partial charge in [-0.05, 0) is 19.9 Å².